The first-order valence-corrected chi connectivity index (χ1v) is 12.7. The van der Waals surface area contributed by atoms with Crippen LogP contribution in [0.15, 0.2) is 77.2 Å². The molecular weight excluding hydrogens is 506 g/mol. The van der Waals surface area contributed by atoms with E-state index < -0.39 is 0 Å². The van der Waals surface area contributed by atoms with Crippen molar-refractivity contribution in [1.29, 1.82) is 0 Å². The average Bonchev–Trinajstić information content (AvgIpc) is 3.39. The Morgan fingerprint density at radius 1 is 0.842 bits per heavy atom. The summed E-state index contributed by atoms with van der Waals surface area (Å²) in [6, 6.07) is 21.7. The zero-order valence-electron chi connectivity index (χ0n) is 21.6. The van der Waals surface area contributed by atoms with E-state index in [1.807, 2.05) is 51.1 Å². The third-order valence-corrected chi connectivity index (χ3v) is 5.83. The molecule has 0 radical (unpaired) electrons. The molecule has 8 heteroatoms. The Morgan fingerprint density at radius 3 is 2.34 bits per heavy atom. The van der Waals surface area contributed by atoms with Crippen LogP contribution in [0.2, 0.25) is 5.02 Å². The lowest BCUT2D eigenvalue weighted by atomic mass is 10.2. The van der Waals surface area contributed by atoms with Gasteiger partial charge in [-0.3, -0.25) is 4.79 Å². The molecule has 3 aromatic carbocycles. The molecule has 38 heavy (non-hydrogen) atoms. The van der Waals surface area contributed by atoms with Gasteiger partial charge in [0.1, 0.15) is 30.5 Å². The lowest BCUT2D eigenvalue weighted by molar-refractivity contribution is 0.0992. The van der Waals surface area contributed by atoms with Gasteiger partial charge in [0.25, 0.3) is 5.91 Å². The SMILES string of the molecule is CCOc1ccc(COc2ccc(NC(=O)c3ccc(COc4c(C)cccc4Cl)o3)cc2)cc1OCC. The summed E-state index contributed by atoms with van der Waals surface area (Å²) in [6.45, 7) is 7.42. The average molecular weight is 536 g/mol. The molecule has 4 aromatic rings. The number of hydrogen-bond acceptors (Lipinski definition) is 6. The number of halogens is 1. The van der Waals surface area contributed by atoms with Gasteiger partial charge >= 0.3 is 0 Å². The van der Waals surface area contributed by atoms with Crippen molar-refractivity contribution >= 4 is 23.2 Å². The molecular formula is C30H30ClNO6. The van der Waals surface area contributed by atoms with Gasteiger partial charge in [0.2, 0.25) is 0 Å². The molecule has 0 aliphatic carbocycles. The predicted octanol–water partition coefficient (Wildman–Crippen LogP) is 7.45. The van der Waals surface area contributed by atoms with Gasteiger partial charge in [-0.15, -0.1) is 0 Å². The van der Waals surface area contributed by atoms with Crippen molar-refractivity contribution in [2.45, 2.75) is 34.0 Å². The lowest BCUT2D eigenvalue weighted by Gasteiger charge is -2.13. The minimum absolute atomic E-state index is 0.157. The molecule has 1 amide bonds. The first-order chi connectivity index (χ1) is 18.5. The van der Waals surface area contributed by atoms with E-state index in [0.29, 0.717) is 59.3 Å². The third kappa shape index (κ3) is 7.01. The van der Waals surface area contributed by atoms with Crippen molar-refractivity contribution in [2.24, 2.45) is 0 Å². The van der Waals surface area contributed by atoms with Gasteiger partial charge in [-0.25, -0.2) is 0 Å². The number of anilines is 1. The van der Waals surface area contributed by atoms with Crippen LogP contribution < -0.4 is 24.3 Å². The number of amides is 1. The Bertz CT molecular complexity index is 1350. The van der Waals surface area contributed by atoms with Gasteiger partial charge in [0.15, 0.2) is 17.3 Å². The monoisotopic (exact) mass is 535 g/mol. The summed E-state index contributed by atoms with van der Waals surface area (Å²) in [5, 5.41) is 3.35. The zero-order chi connectivity index (χ0) is 26.9. The smallest absolute Gasteiger partial charge is 0.291 e. The second kappa shape index (κ2) is 12.9. The van der Waals surface area contributed by atoms with Crippen LogP contribution in [0.4, 0.5) is 5.69 Å². The molecule has 1 N–H and O–H groups in total. The first-order valence-electron chi connectivity index (χ1n) is 12.4. The summed E-state index contributed by atoms with van der Waals surface area (Å²) < 4.78 is 28.6. The van der Waals surface area contributed by atoms with E-state index in [2.05, 4.69) is 5.32 Å². The van der Waals surface area contributed by atoms with Crippen LogP contribution in [0, 0.1) is 6.92 Å². The largest absolute Gasteiger partial charge is 0.490 e. The highest BCUT2D eigenvalue weighted by Crippen LogP contribution is 2.30. The summed E-state index contributed by atoms with van der Waals surface area (Å²) in [4.78, 5) is 12.6. The second-order valence-corrected chi connectivity index (χ2v) is 8.76. The Hall–Kier alpha value is -4.10. The quantitative estimate of drug-likeness (QED) is 0.203. The number of hydrogen-bond donors (Lipinski definition) is 1. The highest BCUT2D eigenvalue weighted by Gasteiger charge is 2.13. The fraction of sp³-hybridized carbons (Fsp3) is 0.233. The van der Waals surface area contributed by atoms with Crippen LogP contribution in [-0.2, 0) is 13.2 Å². The molecule has 0 saturated heterocycles. The topological polar surface area (TPSA) is 79.2 Å². The number of ether oxygens (including phenoxy) is 4. The van der Waals surface area contributed by atoms with E-state index >= 15 is 0 Å². The summed E-state index contributed by atoms with van der Waals surface area (Å²) in [5.41, 5.74) is 2.49. The van der Waals surface area contributed by atoms with E-state index in [1.165, 1.54) is 0 Å². The molecule has 4 rings (SSSR count). The summed E-state index contributed by atoms with van der Waals surface area (Å²) >= 11 is 6.20. The highest BCUT2D eigenvalue weighted by atomic mass is 35.5. The maximum Gasteiger partial charge on any atom is 0.291 e. The van der Waals surface area contributed by atoms with Crippen LogP contribution in [0.1, 0.15) is 41.3 Å². The minimum atomic E-state index is -0.364. The number of carbonyl (C=O) groups excluding carboxylic acids is 1. The Kier molecular flexibility index (Phi) is 9.16. The number of benzene rings is 3. The zero-order valence-corrected chi connectivity index (χ0v) is 22.3. The van der Waals surface area contributed by atoms with Crippen molar-refractivity contribution in [3.8, 4) is 23.0 Å². The van der Waals surface area contributed by atoms with Crippen LogP contribution in [0.3, 0.4) is 0 Å². The normalized spacial score (nSPS) is 10.6. The molecule has 1 aromatic heterocycles. The van der Waals surface area contributed by atoms with Crippen LogP contribution in [0.25, 0.3) is 0 Å². The van der Waals surface area contributed by atoms with Crippen molar-refractivity contribution in [1.82, 2.24) is 0 Å². The van der Waals surface area contributed by atoms with Crippen molar-refractivity contribution in [3.05, 3.63) is 100 Å². The number of para-hydroxylation sites is 1. The molecule has 0 unspecified atom stereocenters. The summed E-state index contributed by atoms with van der Waals surface area (Å²) in [5.74, 6) is 3.00. The number of carbonyl (C=O) groups is 1. The van der Waals surface area contributed by atoms with Gasteiger partial charge in [-0.1, -0.05) is 29.8 Å². The fourth-order valence-electron chi connectivity index (χ4n) is 3.70. The second-order valence-electron chi connectivity index (χ2n) is 8.35. The molecule has 0 atom stereocenters. The van der Waals surface area contributed by atoms with Crippen LogP contribution in [-0.4, -0.2) is 19.1 Å². The molecule has 0 fully saturated rings. The van der Waals surface area contributed by atoms with Crippen LogP contribution >= 0.6 is 11.6 Å². The molecule has 0 aliphatic heterocycles. The predicted molar refractivity (Wildman–Crippen MR) is 147 cm³/mol. The molecule has 0 saturated carbocycles. The number of nitrogens with one attached hydrogen (secondary N) is 1. The van der Waals surface area contributed by atoms with Crippen molar-refractivity contribution in [3.63, 3.8) is 0 Å². The Balaban J connectivity index is 1.30. The lowest BCUT2D eigenvalue weighted by Crippen LogP contribution is -2.10. The highest BCUT2D eigenvalue weighted by molar-refractivity contribution is 6.32. The molecule has 198 valence electrons. The van der Waals surface area contributed by atoms with E-state index in [4.69, 9.17) is 35.0 Å². The Labute approximate surface area is 227 Å². The molecule has 7 nitrogen and oxygen atoms in total. The fourth-order valence-corrected chi connectivity index (χ4v) is 3.98. The van der Waals surface area contributed by atoms with E-state index in [-0.39, 0.29) is 18.3 Å². The third-order valence-electron chi connectivity index (χ3n) is 5.53. The Morgan fingerprint density at radius 2 is 1.61 bits per heavy atom. The number of rotatable bonds is 12. The first kappa shape index (κ1) is 26.9. The van der Waals surface area contributed by atoms with Gasteiger partial charge in [0, 0.05) is 5.69 Å². The van der Waals surface area contributed by atoms with Gasteiger partial charge in [-0.05, 0) is 86.5 Å². The molecule has 0 aliphatic rings. The van der Waals surface area contributed by atoms with Crippen molar-refractivity contribution in [2.75, 3.05) is 18.5 Å². The van der Waals surface area contributed by atoms with E-state index in [1.54, 1.807) is 42.5 Å². The number of aryl methyl sites for hydroxylation is 1. The van der Waals surface area contributed by atoms with Crippen molar-refractivity contribution < 1.29 is 28.2 Å². The van der Waals surface area contributed by atoms with E-state index in [0.717, 1.165) is 11.1 Å². The minimum Gasteiger partial charge on any atom is -0.490 e. The number of furan rings is 1. The van der Waals surface area contributed by atoms with Gasteiger partial charge < -0.3 is 28.7 Å². The van der Waals surface area contributed by atoms with Gasteiger partial charge in [0.05, 0.1) is 18.2 Å². The molecule has 1 heterocycles. The summed E-state index contributed by atoms with van der Waals surface area (Å²) in [7, 11) is 0. The van der Waals surface area contributed by atoms with Crippen LogP contribution in [0.5, 0.6) is 23.0 Å². The maximum atomic E-state index is 12.6. The summed E-state index contributed by atoms with van der Waals surface area (Å²) in [6.07, 6.45) is 0. The standard InChI is InChI=1S/C30H30ClNO6/c1-4-34-26-15-9-21(17-28(26)35-5-2)18-36-23-12-10-22(11-13-23)32-30(33)27-16-14-24(38-27)19-37-29-20(3)7-6-8-25(29)31/h6-17H,4-5,18-19H2,1-3H3,(H,32,33). The molecule has 0 spiro atoms. The van der Waals surface area contributed by atoms with E-state index in [9.17, 15) is 4.79 Å². The molecule has 0 bridgehead atoms. The maximum absolute atomic E-state index is 12.6. The van der Waals surface area contributed by atoms with Gasteiger partial charge in [-0.2, -0.15) is 0 Å².